The maximum Gasteiger partial charge on any atom is 0.225 e. The maximum absolute atomic E-state index is 12.1. The summed E-state index contributed by atoms with van der Waals surface area (Å²) in [6, 6.07) is 0. The molecular formula is C18H26N2O. The van der Waals surface area contributed by atoms with Crippen LogP contribution in [-0.4, -0.2) is 41.9 Å². The fourth-order valence-electron chi connectivity index (χ4n) is 2.97. The zero-order chi connectivity index (χ0) is 14.9. The second-order valence-corrected chi connectivity index (χ2v) is 6.73. The van der Waals surface area contributed by atoms with E-state index in [-0.39, 0.29) is 5.41 Å². The smallest absolute Gasteiger partial charge is 0.225 e. The van der Waals surface area contributed by atoms with E-state index in [0.29, 0.717) is 11.8 Å². The predicted molar refractivity (Wildman–Crippen MR) is 85.6 cm³/mol. The van der Waals surface area contributed by atoms with Gasteiger partial charge in [-0.1, -0.05) is 32.1 Å². The molecule has 0 radical (unpaired) electrons. The number of amides is 1. The lowest BCUT2D eigenvalue weighted by Gasteiger charge is -2.36. The number of hydrogen-bond acceptors (Lipinski definition) is 2. The highest BCUT2D eigenvalue weighted by Gasteiger charge is 2.34. The number of piperazine rings is 1. The van der Waals surface area contributed by atoms with Gasteiger partial charge >= 0.3 is 0 Å². The van der Waals surface area contributed by atoms with E-state index >= 15 is 0 Å². The molecule has 1 saturated heterocycles. The van der Waals surface area contributed by atoms with Crippen LogP contribution in [0.5, 0.6) is 0 Å². The molecule has 1 atom stereocenters. The van der Waals surface area contributed by atoms with Crippen LogP contribution in [-0.2, 0) is 4.79 Å². The Kier molecular flexibility index (Phi) is 3.92. The molecule has 1 aliphatic heterocycles. The van der Waals surface area contributed by atoms with Gasteiger partial charge in [-0.25, -0.2) is 0 Å². The standard InChI is InChI=1S/C18H26N2O/c1-3-18(2)9-4-5-16(8-10-18)19-11-13-20(14-12-19)17(21)15-6-7-15/h4-5,8-10,15H,3,6-7,11-14H2,1-2H3. The van der Waals surface area contributed by atoms with Crippen LogP contribution < -0.4 is 0 Å². The highest BCUT2D eigenvalue weighted by Crippen LogP contribution is 2.32. The van der Waals surface area contributed by atoms with Gasteiger partial charge in [0.25, 0.3) is 0 Å². The van der Waals surface area contributed by atoms with E-state index in [1.807, 2.05) is 0 Å². The highest BCUT2D eigenvalue weighted by molar-refractivity contribution is 5.81. The number of carbonyl (C=O) groups is 1. The first-order valence-electron chi connectivity index (χ1n) is 8.24. The van der Waals surface area contributed by atoms with E-state index in [1.165, 1.54) is 5.70 Å². The van der Waals surface area contributed by atoms with E-state index in [2.05, 4.69) is 54.0 Å². The average Bonchev–Trinajstić information content (AvgIpc) is 3.35. The molecule has 114 valence electrons. The normalized spacial score (nSPS) is 29.3. The lowest BCUT2D eigenvalue weighted by atomic mass is 9.87. The summed E-state index contributed by atoms with van der Waals surface area (Å²) in [5.74, 6) is 0.736. The molecule has 1 saturated carbocycles. The minimum absolute atomic E-state index is 0.169. The molecule has 0 bridgehead atoms. The minimum Gasteiger partial charge on any atom is -0.368 e. The quantitative estimate of drug-likeness (QED) is 0.796. The largest absolute Gasteiger partial charge is 0.368 e. The zero-order valence-electron chi connectivity index (χ0n) is 13.2. The minimum atomic E-state index is 0.169. The van der Waals surface area contributed by atoms with Crippen LogP contribution in [0, 0.1) is 11.3 Å². The van der Waals surface area contributed by atoms with Crippen LogP contribution in [0.15, 0.2) is 36.1 Å². The molecule has 2 fully saturated rings. The Bertz CT molecular complexity index is 493. The van der Waals surface area contributed by atoms with Crippen molar-refractivity contribution in [3.8, 4) is 0 Å². The third-order valence-corrected chi connectivity index (χ3v) is 5.02. The first-order valence-corrected chi connectivity index (χ1v) is 8.24. The molecular weight excluding hydrogens is 260 g/mol. The van der Waals surface area contributed by atoms with Crippen molar-refractivity contribution in [3.63, 3.8) is 0 Å². The van der Waals surface area contributed by atoms with Crippen molar-refractivity contribution in [2.45, 2.75) is 33.1 Å². The summed E-state index contributed by atoms with van der Waals surface area (Å²) in [4.78, 5) is 16.5. The molecule has 1 heterocycles. The molecule has 3 nitrogen and oxygen atoms in total. The van der Waals surface area contributed by atoms with Crippen LogP contribution in [0.2, 0.25) is 0 Å². The zero-order valence-corrected chi connectivity index (χ0v) is 13.2. The summed E-state index contributed by atoms with van der Waals surface area (Å²) in [6.45, 7) is 8.13. The van der Waals surface area contributed by atoms with Crippen molar-refractivity contribution in [1.29, 1.82) is 0 Å². The van der Waals surface area contributed by atoms with Gasteiger partial charge in [-0.3, -0.25) is 4.79 Å². The topological polar surface area (TPSA) is 23.6 Å². The van der Waals surface area contributed by atoms with E-state index in [4.69, 9.17) is 0 Å². The highest BCUT2D eigenvalue weighted by atomic mass is 16.2. The summed E-state index contributed by atoms with van der Waals surface area (Å²) in [7, 11) is 0. The Morgan fingerprint density at radius 3 is 2.57 bits per heavy atom. The number of hydrogen-bond donors (Lipinski definition) is 0. The summed E-state index contributed by atoms with van der Waals surface area (Å²) in [5.41, 5.74) is 1.45. The summed E-state index contributed by atoms with van der Waals surface area (Å²) < 4.78 is 0. The summed E-state index contributed by atoms with van der Waals surface area (Å²) in [6.07, 6.45) is 14.6. The van der Waals surface area contributed by atoms with Crippen LogP contribution in [0.25, 0.3) is 0 Å². The molecule has 0 spiro atoms. The molecule has 21 heavy (non-hydrogen) atoms. The molecule has 0 N–H and O–H groups in total. The van der Waals surface area contributed by atoms with Crippen LogP contribution in [0.3, 0.4) is 0 Å². The van der Waals surface area contributed by atoms with Crippen molar-refractivity contribution < 1.29 is 4.79 Å². The first-order chi connectivity index (χ1) is 10.1. The van der Waals surface area contributed by atoms with Gasteiger partial charge in [0.05, 0.1) is 0 Å². The van der Waals surface area contributed by atoms with Crippen molar-refractivity contribution in [1.82, 2.24) is 9.80 Å². The van der Waals surface area contributed by atoms with E-state index in [0.717, 1.165) is 45.4 Å². The van der Waals surface area contributed by atoms with Crippen LogP contribution in [0.4, 0.5) is 0 Å². The van der Waals surface area contributed by atoms with Crippen LogP contribution >= 0.6 is 0 Å². The summed E-state index contributed by atoms with van der Waals surface area (Å²) >= 11 is 0. The average molecular weight is 286 g/mol. The fourth-order valence-corrected chi connectivity index (χ4v) is 2.97. The summed E-state index contributed by atoms with van der Waals surface area (Å²) in [5, 5.41) is 0. The SMILES string of the molecule is CCC1(C)C=CC=C(N2CCN(C(=O)C3CC3)CC2)C=C1. The molecule has 0 aromatic rings. The van der Waals surface area contributed by atoms with E-state index < -0.39 is 0 Å². The van der Waals surface area contributed by atoms with Gasteiger partial charge in [-0.15, -0.1) is 0 Å². The monoisotopic (exact) mass is 286 g/mol. The number of rotatable bonds is 3. The molecule has 3 aliphatic rings. The van der Waals surface area contributed by atoms with E-state index in [1.54, 1.807) is 0 Å². The van der Waals surface area contributed by atoms with Crippen molar-refractivity contribution in [2.75, 3.05) is 26.2 Å². The third-order valence-electron chi connectivity index (χ3n) is 5.02. The molecule has 0 aromatic carbocycles. The molecule has 3 rings (SSSR count). The Morgan fingerprint density at radius 1 is 1.24 bits per heavy atom. The molecule has 2 aliphatic carbocycles. The van der Waals surface area contributed by atoms with Gasteiger partial charge in [0, 0.05) is 43.2 Å². The van der Waals surface area contributed by atoms with Crippen molar-refractivity contribution in [2.24, 2.45) is 11.3 Å². The van der Waals surface area contributed by atoms with Gasteiger partial charge in [0.15, 0.2) is 0 Å². The first kappa shape index (κ1) is 14.4. The molecule has 1 amide bonds. The fraction of sp³-hybridized carbons (Fsp3) is 0.611. The molecule has 1 unspecified atom stereocenters. The van der Waals surface area contributed by atoms with Gasteiger partial charge in [-0.05, 0) is 31.4 Å². The Hall–Kier alpha value is -1.51. The molecule has 3 heteroatoms. The number of carbonyl (C=O) groups excluding carboxylic acids is 1. The Morgan fingerprint density at radius 2 is 1.95 bits per heavy atom. The lowest BCUT2D eigenvalue weighted by Crippen LogP contribution is -2.48. The maximum atomic E-state index is 12.1. The predicted octanol–water partition coefficient (Wildman–Crippen LogP) is 2.97. The lowest BCUT2D eigenvalue weighted by molar-refractivity contribution is -0.134. The van der Waals surface area contributed by atoms with Gasteiger partial charge in [0.1, 0.15) is 0 Å². The Balaban J connectivity index is 1.59. The van der Waals surface area contributed by atoms with Gasteiger partial charge < -0.3 is 9.80 Å². The van der Waals surface area contributed by atoms with Crippen molar-refractivity contribution >= 4 is 5.91 Å². The second kappa shape index (κ2) is 5.70. The van der Waals surface area contributed by atoms with E-state index in [9.17, 15) is 4.79 Å². The third kappa shape index (κ3) is 3.22. The number of allylic oxidation sites excluding steroid dienone is 5. The second-order valence-electron chi connectivity index (χ2n) is 6.73. The molecule has 0 aromatic heterocycles. The van der Waals surface area contributed by atoms with Crippen LogP contribution in [0.1, 0.15) is 33.1 Å². The van der Waals surface area contributed by atoms with Crippen molar-refractivity contribution in [3.05, 3.63) is 36.1 Å². The van der Waals surface area contributed by atoms with Gasteiger partial charge in [0.2, 0.25) is 5.91 Å². The number of nitrogens with zero attached hydrogens (tertiary/aromatic N) is 2. The Labute approximate surface area is 128 Å². The van der Waals surface area contributed by atoms with Gasteiger partial charge in [-0.2, -0.15) is 0 Å².